The zero-order chi connectivity index (χ0) is 14.2. The van der Waals surface area contributed by atoms with E-state index in [-0.39, 0.29) is 11.5 Å². The number of rotatable bonds is 5. The van der Waals surface area contributed by atoms with Gasteiger partial charge < -0.3 is 4.84 Å². The van der Waals surface area contributed by atoms with E-state index in [1.54, 1.807) is 6.92 Å². The van der Waals surface area contributed by atoms with Crippen LogP contribution in [0.2, 0.25) is 0 Å². The molecule has 0 spiro atoms. The lowest BCUT2D eigenvalue weighted by atomic mass is 10.1. The molecule has 1 fully saturated rings. The maximum Gasteiger partial charge on any atom is 0.333 e. The monoisotopic (exact) mass is 289 g/mol. The zero-order valence-electron chi connectivity index (χ0n) is 9.94. The number of imide groups is 1. The third kappa shape index (κ3) is 2.95. The lowest BCUT2D eigenvalue weighted by Gasteiger charge is -2.13. The first-order chi connectivity index (χ1) is 8.82. The van der Waals surface area contributed by atoms with Crippen molar-refractivity contribution in [2.75, 3.05) is 0 Å². The number of hydrogen-bond acceptors (Lipinski definition) is 8. The van der Waals surface area contributed by atoms with Crippen LogP contribution in [0.1, 0.15) is 26.2 Å². The fourth-order valence-electron chi connectivity index (χ4n) is 1.53. The molecule has 104 valence electrons. The van der Waals surface area contributed by atoms with E-state index < -0.39 is 45.8 Å². The van der Waals surface area contributed by atoms with Gasteiger partial charge in [0.1, 0.15) is 5.25 Å². The summed E-state index contributed by atoms with van der Waals surface area (Å²) in [7, 11) is -3.07. The molecule has 0 aromatic carbocycles. The van der Waals surface area contributed by atoms with Crippen molar-refractivity contribution < 1.29 is 27.6 Å². The van der Waals surface area contributed by atoms with E-state index >= 15 is 0 Å². The van der Waals surface area contributed by atoms with Crippen LogP contribution < -0.4 is 0 Å². The number of carbonyl (C=O) groups excluding carboxylic acids is 3. The molecule has 1 unspecified atom stereocenters. The Kier molecular flexibility index (Phi) is 3.35. The first-order valence-electron chi connectivity index (χ1n) is 5.47. The Hall–Kier alpha value is -1.84. The second-order valence-corrected chi connectivity index (χ2v) is 5.61. The van der Waals surface area contributed by atoms with Crippen LogP contribution in [0.3, 0.4) is 0 Å². The number of hydrogen-bond donors (Lipinski definition) is 1. The third-order valence-corrected chi connectivity index (χ3v) is 3.68. The van der Waals surface area contributed by atoms with Gasteiger partial charge in [-0.3, -0.25) is 9.59 Å². The van der Waals surface area contributed by atoms with Crippen LogP contribution in [-0.4, -0.2) is 42.2 Å². The molecule has 1 atom stereocenters. The summed E-state index contributed by atoms with van der Waals surface area (Å²) in [5, 5.41) is 6.17. The van der Waals surface area contributed by atoms with Gasteiger partial charge in [-0.05, 0) is 6.92 Å². The molecule has 2 aliphatic rings. The minimum absolute atomic E-state index is 0.0747. The Labute approximate surface area is 109 Å². The third-order valence-electron chi connectivity index (χ3n) is 2.77. The second-order valence-electron chi connectivity index (χ2n) is 4.41. The van der Waals surface area contributed by atoms with Crippen LogP contribution in [0.15, 0.2) is 10.2 Å². The lowest BCUT2D eigenvalue weighted by Crippen LogP contribution is -2.35. The minimum Gasteiger partial charge on any atom is -0.330 e. The van der Waals surface area contributed by atoms with Crippen molar-refractivity contribution in [2.45, 2.75) is 37.1 Å². The summed E-state index contributed by atoms with van der Waals surface area (Å²) in [4.78, 5) is 38.9. The van der Waals surface area contributed by atoms with Crippen molar-refractivity contribution in [1.29, 1.82) is 0 Å². The van der Waals surface area contributed by atoms with Crippen LogP contribution in [-0.2, 0) is 29.9 Å². The van der Waals surface area contributed by atoms with E-state index in [0.717, 1.165) is 0 Å². The van der Waals surface area contributed by atoms with Crippen molar-refractivity contribution in [2.24, 2.45) is 10.2 Å². The number of hydroxylamine groups is 2. The highest BCUT2D eigenvalue weighted by atomic mass is 32.2. The standard InChI is InChI=1S/C9H11N3O6S/c1-9(10-11-9)3-2-7(14)18-12-6(13)4-5(8(12)15)19(16)17/h5,19H,2-4H2,1H3. The molecule has 19 heavy (non-hydrogen) atoms. The lowest BCUT2D eigenvalue weighted by molar-refractivity contribution is -0.197. The number of carbonyl (C=O) groups is 3. The molecule has 0 aromatic rings. The van der Waals surface area contributed by atoms with E-state index in [0.29, 0.717) is 6.42 Å². The highest BCUT2D eigenvalue weighted by Crippen LogP contribution is 2.32. The fourth-order valence-corrected chi connectivity index (χ4v) is 2.12. The van der Waals surface area contributed by atoms with E-state index in [2.05, 4.69) is 15.1 Å². The molecular formula is C9H11N3O6S. The van der Waals surface area contributed by atoms with Gasteiger partial charge in [0, 0.05) is 6.42 Å². The average Bonchev–Trinajstić information content (AvgIpc) is 3.01. The van der Waals surface area contributed by atoms with Gasteiger partial charge in [0.25, 0.3) is 11.8 Å². The van der Waals surface area contributed by atoms with Crippen molar-refractivity contribution in [3.8, 4) is 0 Å². The van der Waals surface area contributed by atoms with E-state index in [9.17, 15) is 22.8 Å². The second kappa shape index (κ2) is 4.68. The molecule has 2 rings (SSSR count). The first-order valence-corrected chi connectivity index (χ1v) is 6.72. The van der Waals surface area contributed by atoms with E-state index in [1.165, 1.54) is 0 Å². The molecule has 0 radical (unpaired) electrons. The van der Waals surface area contributed by atoms with Crippen molar-refractivity contribution >= 4 is 28.5 Å². The molecule has 10 heteroatoms. The molecular weight excluding hydrogens is 278 g/mol. The van der Waals surface area contributed by atoms with Crippen molar-refractivity contribution in [3.05, 3.63) is 0 Å². The van der Waals surface area contributed by atoms with Gasteiger partial charge in [0.05, 0.1) is 12.8 Å². The predicted molar refractivity (Wildman–Crippen MR) is 59.2 cm³/mol. The molecule has 0 bridgehead atoms. The topological polar surface area (TPSA) is 123 Å². The van der Waals surface area contributed by atoms with Crippen LogP contribution >= 0.6 is 0 Å². The highest BCUT2D eigenvalue weighted by Gasteiger charge is 2.44. The summed E-state index contributed by atoms with van der Waals surface area (Å²) in [6.45, 7) is 1.71. The Morgan fingerprint density at radius 2 is 2.11 bits per heavy atom. The van der Waals surface area contributed by atoms with Gasteiger partial charge in [0.2, 0.25) is 0 Å². The number of thiol groups is 1. The van der Waals surface area contributed by atoms with Crippen LogP contribution in [0.4, 0.5) is 0 Å². The Bertz CT molecular complexity index is 540. The Morgan fingerprint density at radius 1 is 1.47 bits per heavy atom. The van der Waals surface area contributed by atoms with Crippen molar-refractivity contribution in [3.63, 3.8) is 0 Å². The average molecular weight is 289 g/mol. The molecule has 2 amide bonds. The molecule has 9 nitrogen and oxygen atoms in total. The molecule has 1 saturated heterocycles. The largest absolute Gasteiger partial charge is 0.333 e. The van der Waals surface area contributed by atoms with Crippen LogP contribution in [0.25, 0.3) is 0 Å². The van der Waals surface area contributed by atoms with Crippen LogP contribution in [0.5, 0.6) is 0 Å². The molecule has 0 aliphatic carbocycles. The van der Waals surface area contributed by atoms with Gasteiger partial charge in [-0.2, -0.15) is 10.2 Å². The summed E-state index contributed by atoms with van der Waals surface area (Å²) >= 11 is 0. The SMILES string of the molecule is CC1(CCC(=O)ON2C(=O)CC([SH](=O)=O)C2=O)N=N1. The fraction of sp³-hybridized carbons (Fsp3) is 0.667. The van der Waals surface area contributed by atoms with Gasteiger partial charge >= 0.3 is 5.97 Å². The summed E-state index contributed by atoms with van der Waals surface area (Å²) < 4.78 is 21.5. The molecule has 0 N–H and O–H groups in total. The maximum absolute atomic E-state index is 11.5. The normalized spacial score (nSPS) is 24.1. The predicted octanol–water partition coefficient (Wildman–Crippen LogP) is -0.854. The van der Waals surface area contributed by atoms with Crippen molar-refractivity contribution in [1.82, 2.24) is 5.06 Å². The minimum atomic E-state index is -3.07. The number of amides is 2. The van der Waals surface area contributed by atoms with Gasteiger partial charge in [-0.15, -0.1) is 5.06 Å². The van der Waals surface area contributed by atoms with Crippen LogP contribution in [0, 0.1) is 0 Å². The Balaban J connectivity index is 1.89. The smallest absolute Gasteiger partial charge is 0.330 e. The van der Waals surface area contributed by atoms with E-state index in [1.807, 2.05) is 0 Å². The molecule has 2 aliphatic heterocycles. The molecule has 0 aromatic heterocycles. The summed E-state index contributed by atoms with van der Waals surface area (Å²) in [5.74, 6) is -2.67. The van der Waals surface area contributed by atoms with E-state index in [4.69, 9.17) is 0 Å². The summed E-state index contributed by atoms with van der Waals surface area (Å²) in [6.07, 6.45) is -0.261. The Morgan fingerprint density at radius 3 is 2.58 bits per heavy atom. The van der Waals surface area contributed by atoms with Gasteiger partial charge in [-0.25, -0.2) is 13.2 Å². The zero-order valence-corrected chi connectivity index (χ0v) is 10.8. The quantitative estimate of drug-likeness (QED) is 0.519. The number of nitrogens with zero attached hydrogens (tertiary/aromatic N) is 3. The molecule has 0 saturated carbocycles. The first kappa shape index (κ1) is 13.6. The molecule has 2 heterocycles. The van der Waals surface area contributed by atoms with Gasteiger partial charge in [-0.1, -0.05) is 0 Å². The maximum atomic E-state index is 11.5. The van der Waals surface area contributed by atoms with Gasteiger partial charge in [0.15, 0.2) is 16.4 Å². The summed E-state index contributed by atoms with van der Waals surface area (Å²) in [5.41, 5.74) is -0.584. The highest BCUT2D eigenvalue weighted by molar-refractivity contribution is 7.74. The summed E-state index contributed by atoms with van der Waals surface area (Å²) in [6, 6.07) is 0.